The Hall–Kier alpha value is -2.34. The molecule has 0 bridgehead atoms. The quantitative estimate of drug-likeness (QED) is 0.749. The molecule has 0 aliphatic carbocycles. The number of benzene rings is 1. The van der Waals surface area contributed by atoms with Crippen LogP contribution in [0.1, 0.15) is 37.0 Å². The maximum absolute atomic E-state index is 12.9. The average Bonchev–Trinajstić information content (AvgIpc) is 2.95. The van der Waals surface area contributed by atoms with Gasteiger partial charge in [0, 0.05) is 50.2 Å². The van der Waals surface area contributed by atoms with Crippen LogP contribution >= 0.6 is 0 Å². The minimum atomic E-state index is 0.128. The number of furan rings is 1. The Kier molecular flexibility index (Phi) is 6.96. The molecule has 0 saturated carbocycles. The number of carbonyl (C=O) groups excluding carboxylic acids is 2. The molecule has 0 atom stereocenters. The van der Waals surface area contributed by atoms with Gasteiger partial charge in [-0.2, -0.15) is 0 Å². The van der Waals surface area contributed by atoms with E-state index in [4.69, 9.17) is 4.42 Å². The van der Waals surface area contributed by atoms with E-state index in [-0.39, 0.29) is 11.8 Å². The van der Waals surface area contributed by atoms with Gasteiger partial charge in [-0.05, 0) is 45.2 Å². The number of hydrogen-bond donors (Lipinski definition) is 0. The first-order valence-electron chi connectivity index (χ1n) is 10.7. The van der Waals surface area contributed by atoms with Crippen LogP contribution in [0.3, 0.4) is 0 Å². The van der Waals surface area contributed by atoms with Gasteiger partial charge in [-0.15, -0.1) is 0 Å². The standard InChI is InChI=1S/C23H33N3O3/c1-5-25(6-2)22(28)15-24-10-7-11-26(13-12-24)21(27)14-19-16-29-23-18(4)17(3)8-9-20(19)23/h8-9,16H,5-7,10-15H2,1-4H3. The van der Waals surface area contributed by atoms with Crippen molar-refractivity contribution in [2.24, 2.45) is 0 Å². The fraction of sp³-hybridized carbons (Fsp3) is 0.565. The lowest BCUT2D eigenvalue weighted by Crippen LogP contribution is -2.42. The number of nitrogens with zero attached hydrogens (tertiary/aromatic N) is 3. The largest absolute Gasteiger partial charge is 0.464 e. The van der Waals surface area contributed by atoms with E-state index in [1.807, 2.05) is 29.7 Å². The lowest BCUT2D eigenvalue weighted by Gasteiger charge is -2.25. The van der Waals surface area contributed by atoms with Crippen LogP contribution in [-0.2, 0) is 16.0 Å². The van der Waals surface area contributed by atoms with E-state index in [9.17, 15) is 9.59 Å². The zero-order chi connectivity index (χ0) is 21.0. The van der Waals surface area contributed by atoms with Crippen LogP contribution < -0.4 is 0 Å². The predicted octanol–water partition coefficient (Wildman–Crippen LogP) is 2.99. The third-order valence-electron chi connectivity index (χ3n) is 6.10. The SMILES string of the molecule is CCN(CC)C(=O)CN1CCCN(C(=O)Cc2coc3c(C)c(C)ccc23)CC1. The molecular weight excluding hydrogens is 366 g/mol. The summed E-state index contributed by atoms with van der Waals surface area (Å²) in [6.07, 6.45) is 2.97. The number of carbonyl (C=O) groups is 2. The van der Waals surface area contributed by atoms with E-state index in [0.29, 0.717) is 19.5 Å². The van der Waals surface area contributed by atoms with Gasteiger partial charge in [-0.25, -0.2) is 0 Å². The minimum Gasteiger partial charge on any atom is -0.464 e. The van der Waals surface area contributed by atoms with Crippen molar-refractivity contribution in [1.82, 2.24) is 14.7 Å². The fourth-order valence-corrected chi connectivity index (χ4v) is 4.05. The van der Waals surface area contributed by atoms with Gasteiger partial charge in [-0.1, -0.05) is 12.1 Å². The first-order valence-corrected chi connectivity index (χ1v) is 10.7. The van der Waals surface area contributed by atoms with Crippen LogP contribution in [-0.4, -0.2) is 72.3 Å². The Morgan fingerprint density at radius 1 is 1.07 bits per heavy atom. The summed E-state index contributed by atoms with van der Waals surface area (Å²) in [5.41, 5.74) is 4.15. The van der Waals surface area contributed by atoms with Gasteiger partial charge in [0.2, 0.25) is 11.8 Å². The molecule has 1 aromatic carbocycles. The molecule has 2 heterocycles. The normalized spacial score (nSPS) is 15.5. The lowest BCUT2D eigenvalue weighted by atomic mass is 10.0. The van der Waals surface area contributed by atoms with E-state index in [2.05, 4.69) is 24.8 Å². The number of rotatable bonds is 6. The highest BCUT2D eigenvalue weighted by atomic mass is 16.3. The molecule has 6 nitrogen and oxygen atoms in total. The van der Waals surface area contributed by atoms with E-state index in [0.717, 1.165) is 61.2 Å². The summed E-state index contributed by atoms with van der Waals surface area (Å²) in [5.74, 6) is 0.299. The third kappa shape index (κ3) is 4.81. The average molecular weight is 400 g/mol. The molecule has 158 valence electrons. The van der Waals surface area contributed by atoms with Crippen molar-refractivity contribution in [3.8, 4) is 0 Å². The molecule has 2 amide bonds. The summed E-state index contributed by atoms with van der Waals surface area (Å²) >= 11 is 0. The molecule has 0 N–H and O–H groups in total. The highest BCUT2D eigenvalue weighted by Gasteiger charge is 2.23. The number of hydrogen-bond acceptors (Lipinski definition) is 4. The molecule has 1 fully saturated rings. The zero-order valence-electron chi connectivity index (χ0n) is 18.2. The van der Waals surface area contributed by atoms with Gasteiger partial charge < -0.3 is 14.2 Å². The van der Waals surface area contributed by atoms with Crippen molar-refractivity contribution in [1.29, 1.82) is 0 Å². The number of likely N-dealkylation sites (N-methyl/N-ethyl adjacent to an activating group) is 1. The van der Waals surface area contributed by atoms with Crippen LogP contribution in [0.2, 0.25) is 0 Å². The van der Waals surface area contributed by atoms with Crippen molar-refractivity contribution < 1.29 is 14.0 Å². The molecule has 29 heavy (non-hydrogen) atoms. The van der Waals surface area contributed by atoms with Gasteiger partial charge in [0.25, 0.3) is 0 Å². The maximum atomic E-state index is 12.9. The maximum Gasteiger partial charge on any atom is 0.236 e. The molecule has 3 rings (SSSR count). The van der Waals surface area contributed by atoms with E-state index < -0.39 is 0 Å². The smallest absolute Gasteiger partial charge is 0.236 e. The highest BCUT2D eigenvalue weighted by molar-refractivity contribution is 5.89. The first-order chi connectivity index (χ1) is 13.9. The second-order valence-corrected chi connectivity index (χ2v) is 7.90. The van der Waals surface area contributed by atoms with Crippen LogP contribution in [0.5, 0.6) is 0 Å². The summed E-state index contributed by atoms with van der Waals surface area (Å²) in [7, 11) is 0. The van der Waals surface area contributed by atoms with Crippen molar-refractivity contribution >= 4 is 22.8 Å². The fourth-order valence-electron chi connectivity index (χ4n) is 4.05. The zero-order valence-corrected chi connectivity index (χ0v) is 18.2. The summed E-state index contributed by atoms with van der Waals surface area (Å²) < 4.78 is 5.76. The summed E-state index contributed by atoms with van der Waals surface area (Å²) in [6.45, 7) is 13.0. The van der Waals surface area contributed by atoms with Crippen LogP contribution in [0, 0.1) is 13.8 Å². The van der Waals surface area contributed by atoms with Crippen LogP contribution in [0.25, 0.3) is 11.0 Å². The second-order valence-electron chi connectivity index (χ2n) is 7.90. The van der Waals surface area contributed by atoms with Gasteiger partial charge in [0.1, 0.15) is 5.58 Å². The number of amides is 2. The molecular formula is C23H33N3O3. The first kappa shape index (κ1) is 21.4. The third-order valence-corrected chi connectivity index (χ3v) is 6.10. The number of fused-ring (bicyclic) bond motifs is 1. The molecule has 1 aromatic heterocycles. The van der Waals surface area contributed by atoms with Gasteiger partial charge in [0.15, 0.2) is 0 Å². The Morgan fingerprint density at radius 3 is 2.55 bits per heavy atom. The highest BCUT2D eigenvalue weighted by Crippen LogP contribution is 2.27. The van der Waals surface area contributed by atoms with Gasteiger partial charge in [0.05, 0.1) is 19.2 Å². The van der Waals surface area contributed by atoms with Crippen LogP contribution in [0.15, 0.2) is 22.8 Å². The summed E-state index contributed by atoms with van der Waals surface area (Å²) in [6, 6.07) is 4.13. The van der Waals surface area contributed by atoms with E-state index in [1.54, 1.807) is 6.26 Å². The summed E-state index contributed by atoms with van der Waals surface area (Å²) in [5, 5.41) is 1.03. The monoisotopic (exact) mass is 399 g/mol. The molecule has 1 aliphatic heterocycles. The molecule has 1 saturated heterocycles. The molecule has 0 spiro atoms. The molecule has 0 unspecified atom stereocenters. The van der Waals surface area contributed by atoms with Crippen molar-refractivity contribution in [2.75, 3.05) is 45.8 Å². The molecule has 2 aromatic rings. The Bertz CT molecular complexity index is 870. The van der Waals surface area contributed by atoms with E-state index >= 15 is 0 Å². The van der Waals surface area contributed by atoms with Gasteiger partial charge >= 0.3 is 0 Å². The predicted molar refractivity (Wildman–Crippen MR) is 115 cm³/mol. The minimum absolute atomic E-state index is 0.128. The van der Waals surface area contributed by atoms with Crippen molar-refractivity contribution in [3.05, 3.63) is 35.1 Å². The van der Waals surface area contributed by atoms with Crippen molar-refractivity contribution in [2.45, 2.75) is 40.5 Å². The second kappa shape index (κ2) is 9.44. The van der Waals surface area contributed by atoms with Crippen molar-refractivity contribution in [3.63, 3.8) is 0 Å². The lowest BCUT2D eigenvalue weighted by molar-refractivity contribution is -0.132. The van der Waals surface area contributed by atoms with Gasteiger partial charge in [-0.3, -0.25) is 14.5 Å². The van der Waals surface area contributed by atoms with E-state index in [1.165, 1.54) is 5.56 Å². The Morgan fingerprint density at radius 2 is 1.83 bits per heavy atom. The Balaban J connectivity index is 1.60. The molecule has 6 heteroatoms. The molecule has 1 aliphatic rings. The van der Waals surface area contributed by atoms with Crippen LogP contribution in [0.4, 0.5) is 0 Å². The number of aryl methyl sites for hydroxylation is 2. The Labute approximate surface area is 173 Å². The summed E-state index contributed by atoms with van der Waals surface area (Å²) in [4.78, 5) is 31.3. The topological polar surface area (TPSA) is 57.0 Å². The molecule has 0 radical (unpaired) electrons.